The summed E-state index contributed by atoms with van der Waals surface area (Å²) in [7, 11) is 0. The van der Waals surface area contributed by atoms with Crippen molar-refractivity contribution in [1.82, 2.24) is 0 Å². The molecule has 0 saturated heterocycles. The third-order valence-electron chi connectivity index (χ3n) is 2.63. The molecule has 1 aromatic carbocycles. The van der Waals surface area contributed by atoms with Crippen molar-refractivity contribution >= 4 is 11.4 Å². The molecule has 4 nitrogen and oxygen atoms in total. The van der Waals surface area contributed by atoms with E-state index < -0.39 is 0 Å². The molecular formula is C11H14N2O2. The second-order valence-electron chi connectivity index (χ2n) is 4.10. The topological polar surface area (TPSA) is 55.2 Å². The van der Waals surface area contributed by atoms with Crippen molar-refractivity contribution in [2.75, 3.05) is 11.9 Å². The molecule has 0 spiro atoms. The summed E-state index contributed by atoms with van der Waals surface area (Å²) in [6.07, 6.45) is 2.49. The zero-order chi connectivity index (χ0) is 10.8. The monoisotopic (exact) mass is 206 g/mol. The van der Waals surface area contributed by atoms with E-state index in [0.29, 0.717) is 11.6 Å². The summed E-state index contributed by atoms with van der Waals surface area (Å²) in [6.45, 7) is 2.71. The quantitative estimate of drug-likeness (QED) is 0.608. The smallest absolute Gasteiger partial charge is 0.292 e. The Labute approximate surface area is 88.5 Å². The van der Waals surface area contributed by atoms with Gasteiger partial charge >= 0.3 is 0 Å². The molecule has 4 heteroatoms. The van der Waals surface area contributed by atoms with Gasteiger partial charge in [-0.2, -0.15) is 0 Å². The van der Waals surface area contributed by atoms with Gasteiger partial charge in [0, 0.05) is 12.6 Å². The average molecular weight is 206 g/mol. The van der Waals surface area contributed by atoms with E-state index in [1.165, 1.54) is 12.8 Å². The first-order valence-electron chi connectivity index (χ1n) is 5.16. The van der Waals surface area contributed by atoms with E-state index in [4.69, 9.17) is 0 Å². The minimum Gasteiger partial charge on any atom is -0.379 e. The number of hydrogen-bond donors (Lipinski definition) is 1. The van der Waals surface area contributed by atoms with Crippen LogP contribution in [0.1, 0.15) is 18.4 Å². The summed E-state index contributed by atoms with van der Waals surface area (Å²) < 4.78 is 0. The van der Waals surface area contributed by atoms with Crippen LogP contribution in [0.15, 0.2) is 18.2 Å². The Kier molecular flexibility index (Phi) is 2.58. The van der Waals surface area contributed by atoms with Crippen LogP contribution in [0.25, 0.3) is 0 Å². The lowest BCUT2D eigenvalue weighted by atomic mass is 10.2. The lowest BCUT2D eigenvalue weighted by molar-refractivity contribution is -0.384. The molecule has 15 heavy (non-hydrogen) atoms. The highest BCUT2D eigenvalue weighted by Crippen LogP contribution is 2.31. The van der Waals surface area contributed by atoms with Gasteiger partial charge in [-0.05, 0) is 37.3 Å². The number of nitrogens with zero attached hydrogens (tertiary/aromatic N) is 1. The summed E-state index contributed by atoms with van der Waals surface area (Å²) >= 11 is 0. The van der Waals surface area contributed by atoms with Gasteiger partial charge in [0.2, 0.25) is 0 Å². The number of benzene rings is 1. The number of rotatable bonds is 4. The molecule has 0 bridgehead atoms. The molecule has 2 rings (SSSR count). The molecule has 1 aliphatic rings. The fourth-order valence-electron chi connectivity index (χ4n) is 1.52. The van der Waals surface area contributed by atoms with Gasteiger partial charge in [0.25, 0.3) is 5.69 Å². The van der Waals surface area contributed by atoms with E-state index in [1.807, 2.05) is 13.0 Å². The van der Waals surface area contributed by atoms with Gasteiger partial charge in [-0.1, -0.05) is 6.07 Å². The number of nitro groups is 1. The number of nitrogens with one attached hydrogen (secondary N) is 1. The van der Waals surface area contributed by atoms with Crippen LogP contribution in [0.3, 0.4) is 0 Å². The lowest BCUT2D eigenvalue weighted by Gasteiger charge is -2.06. The number of aryl methyl sites for hydroxylation is 1. The van der Waals surface area contributed by atoms with Crippen LogP contribution in [-0.4, -0.2) is 11.5 Å². The molecule has 0 unspecified atom stereocenters. The van der Waals surface area contributed by atoms with Crippen molar-refractivity contribution in [3.05, 3.63) is 33.9 Å². The van der Waals surface area contributed by atoms with Gasteiger partial charge in [-0.25, -0.2) is 0 Å². The third kappa shape index (κ3) is 2.46. The second-order valence-corrected chi connectivity index (χ2v) is 4.10. The van der Waals surface area contributed by atoms with Crippen molar-refractivity contribution in [1.29, 1.82) is 0 Å². The molecule has 1 aliphatic carbocycles. The molecule has 0 atom stereocenters. The maximum absolute atomic E-state index is 10.8. The molecule has 0 radical (unpaired) electrons. The van der Waals surface area contributed by atoms with Crippen LogP contribution in [0, 0.1) is 23.0 Å². The Morgan fingerprint density at radius 2 is 2.27 bits per heavy atom. The zero-order valence-electron chi connectivity index (χ0n) is 8.69. The van der Waals surface area contributed by atoms with Crippen LogP contribution in [0.2, 0.25) is 0 Å². The molecule has 0 amide bonds. The lowest BCUT2D eigenvalue weighted by Crippen LogP contribution is -2.05. The van der Waals surface area contributed by atoms with Crippen LogP contribution in [0.5, 0.6) is 0 Å². The van der Waals surface area contributed by atoms with Crippen molar-refractivity contribution < 1.29 is 4.92 Å². The Balaban J connectivity index is 2.15. The Morgan fingerprint density at radius 3 is 2.87 bits per heavy atom. The molecule has 80 valence electrons. The van der Waals surface area contributed by atoms with Gasteiger partial charge in [0.15, 0.2) is 0 Å². The van der Waals surface area contributed by atoms with E-state index in [-0.39, 0.29) is 10.6 Å². The van der Waals surface area contributed by atoms with Gasteiger partial charge in [-0.3, -0.25) is 10.1 Å². The predicted molar refractivity (Wildman–Crippen MR) is 59.0 cm³/mol. The average Bonchev–Trinajstić information content (AvgIpc) is 2.99. The minimum absolute atomic E-state index is 0.177. The molecule has 1 saturated carbocycles. The summed E-state index contributed by atoms with van der Waals surface area (Å²) in [5.41, 5.74) is 1.73. The van der Waals surface area contributed by atoms with Crippen LogP contribution in [-0.2, 0) is 0 Å². The Bertz CT molecular complexity index is 386. The molecule has 0 heterocycles. The maximum atomic E-state index is 10.8. The maximum Gasteiger partial charge on any atom is 0.292 e. The molecular weight excluding hydrogens is 192 g/mol. The standard InChI is InChI=1S/C11H14N2O2/c1-8-2-5-10(11(6-8)13(14)15)12-7-9-3-4-9/h2,5-6,9,12H,3-4,7H2,1H3. The number of anilines is 1. The molecule has 0 aliphatic heterocycles. The van der Waals surface area contributed by atoms with Gasteiger partial charge in [0.1, 0.15) is 5.69 Å². The third-order valence-corrected chi connectivity index (χ3v) is 2.63. The van der Waals surface area contributed by atoms with E-state index in [9.17, 15) is 10.1 Å². The van der Waals surface area contributed by atoms with Gasteiger partial charge < -0.3 is 5.32 Å². The summed E-state index contributed by atoms with van der Waals surface area (Å²) in [5, 5.41) is 13.9. The van der Waals surface area contributed by atoms with E-state index >= 15 is 0 Å². The van der Waals surface area contributed by atoms with Crippen LogP contribution < -0.4 is 5.32 Å². The van der Waals surface area contributed by atoms with Gasteiger partial charge in [-0.15, -0.1) is 0 Å². The molecule has 1 N–H and O–H groups in total. The van der Waals surface area contributed by atoms with E-state index in [0.717, 1.165) is 12.1 Å². The first-order chi connectivity index (χ1) is 7.16. The zero-order valence-corrected chi connectivity index (χ0v) is 8.69. The fraction of sp³-hybridized carbons (Fsp3) is 0.455. The number of nitro benzene ring substituents is 1. The SMILES string of the molecule is Cc1ccc(NCC2CC2)c([N+](=O)[O-])c1. The van der Waals surface area contributed by atoms with E-state index in [1.54, 1.807) is 12.1 Å². The summed E-state index contributed by atoms with van der Waals surface area (Å²) in [6, 6.07) is 5.29. The van der Waals surface area contributed by atoms with Crippen molar-refractivity contribution in [2.24, 2.45) is 5.92 Å². The normalized spacial score (nSPS) is 15.0. The highest BCUT2D eigenvalue weighted by Gasteiger charge is 2.22. The molecule has 0 aromatic heterocycles. The van der Waals surface area contributed by atoms with Crippen molar-refractivity contribution in [3.63, 3.8) is 0 Å². The number of hydrogen-bond acceptors (Lipinski definition) is 3. The Morgan fingerprint density at radius 1 is 1.53 bits per heavy atom. The minimum atomic E-state index is -0.331. The first-order valence-corrected chi connectivity index (χ1v) is 5.16. The fourth-order valence-corrected chi connectivity index (χ4v) is 1.52. The van der Waals surface area contributed by atoms with E-state index in [2.05, 4.69) is 5.32 Å². The second kappa shape index (κ2) is 3.88. The summed E-state index contributed by atoms with van der Waals surface area (Å²) in [4.78, 5) is 10.5. The van der Waals surface area contributed by atoms with Crippen LogP contribution >= 0.6 is 0 Å². The van der Waals surface area contributed by atoms with Crippen molar-refractivity contribution in [3.8, 4) is 0 Å². The summed E-state index contributed by atoms with van der Waals surface area (Å²) in [5.74, 6) is 0.714. The van der Waals surface area contributed by atoms with Crippen molar-refractivity contribution in [2.45, 2.75) is 19.8 Å². The largest absolute Gasteiger partial charge is 0.379 e. The highest BCUT2D eigenvalue weighted by atomic mass is 16.6. The highest BCUT2D eigenvalue weighted by molar-refractivity contribution is 5.62. The molecule has 1 fully saturated rings. The Hall–Kier alpha value is -1.58. The first kappa shape index (κ1) is 9.96. The van der Waals surface area contributed by atoms with Crippen LogP contribution in [0.4, 0.5) is 11.4 Å². The molecule has 1 aromatic rings. The predicted octanol–water partition coefficient (Wildman–Crippen LogP) is 2.73. The van der Waals surface area contributed by atoms with Gasteiger partial charge in [0.05, 0.1) is 4.92 Å².